The SMILES string of the molecule is O=[N+]([O-])c1cc(Br)cc(/C=N/c2ccc(I)cc2)c1O. The summed E-state index contributed by atoms with van der Waals surface area (Å²) in [5.74, 6) is -0.396. The highest BCUT2D eigenvalue weighted by Crippen LogP contribution is 2.32. The van der Waals surface area contributed by atoms with Crippen molar-refractivity contribution in [3.8, 4) is 5.75 Å². The zero-order valence-electron chi connectivity index (χ0n) is 9.96. The average Bonchev–Trinajstić information content (AvgIpc) is 2.41. The van der Waals surface area contributed by atoms with Crippen LogP contribution in [0, 0.1) is 13.7 Å². The number of hydrogen-bond donors (Lipinski definition) is 1. The Hall–Kier alpha value is -1.48. The summed E-state index contributed by atoms with van der Waals surface area (Å²) in [5, 5.41) is 20.7. The van der Waals surface area contributed by atoms with Crippen LogP contribution in [0.5, 0.6) is 5.75 Å². The first-order valence-electron chi connectivity index (χ1n) is 5.44. The molecule has 0 heterocycles. The molecule has 7 heteroatoms. The Morgan fingerprint density at radius 1 is 1.30 bits per heavy atom. The summed E-state index contributed by atoms with van der Waals surface area (Å²) >= 11 is 5.36. The molecule has 0 atom stereocenters. The van der Waals surface area contributed by atoms with Crippen LogP contribution in [0.2, 0.25) is 0 Å². The van der Waals surface area contributed by atoms with Gasteiger partial charge in [-0.15, -0.1) is 0 Å². The molecule has 0 aliphatic heterocycles. The summed E-state index contributed by atoms with van der Waals surface area (Å²) in [6.07, 6.45) is 1.40. The molecule has 0 spiro atoms. The number of hydrogen-bond acceptors (Lipinski definition) is 4. The van der Waals surface area contributed by atoms with Crippen LogP contribution in [-0.4, -0.2) is 16.2 Å². The number of nitro groups is 1. The summed E-state index contributed by atoms with van der Waals surface area (Å²) in [4.78, 5) is 14.4. The van der Waals surface area contributed by atoms with E-state index in [1.165, 1.54) is 12.3 Å². The Kier molecular flexibility index (Phi) is 4.71. The Morgan fingerprint density at radius 2 is 1.95 bits per heavy atom. The third-order valence-electron chi connectivity index (χ3n) is 2.46. The molecule has 5 nitrogen and oxygen atoms in total. The van der Waals surface area contributed by atoms with Crippen molar-refractivity contribution in [1.82, 2.24) is 0 Å². The van der Waals surface area contributed by atoms with Gasteiger partial charge in [-0.2, -0.15) is 0 Å². The second-order valence-corrected chi connectivity index (χ2v) is 6.02. The van der Waals surface area contributed by atoms with Crippen LogP contribution >= 0.6 is 38.5 Å². The fourth-order valence-corrected chi connectivity index (χ4v) is 2.34. The summed E-state index contributed by atoms with van der Waals surface area (Å²) in [6.45, 7) is 0. The Labute approximate surface area is 136 Å². The minimum Gasteiger partial charge on any atom is -0.502 e. The number of nitrogens with zero attached hydrogens (tertiary/aromatic N) is 2. The molecule has 102 valence electrons. The molecule has 0 aliphatic carbocycles. The largest absolute Gasteiger partial charge is 0.502 e. The van der Waals surface area contributed by atoms with Gasteiger partial charge in [-0.1, -0.05) is 15.9 Å². The molecule has 0 fully saturated rings. The van der Waals surface area contributed by atoms with Crippen molar-refractivity contribution in [2.24, 2.45) is 4.99 Å². The van der Waals surface area contributed by atoms with E-state index in [1.54, 1.807) is 6.07 Å². The van der Waals surface area contributed by atoms with Gasteiger partial charge in [0.25, 0.3) is 0 Å². The van der Waals surface area contributed by atoms with E-state index in [4.69, 9.17) is 0 Å². The molecular formula is C13H8BrIN2O3. The van der Waals surface area contributed by atoms with Crippen molar-refractivity contribution in [1.29, 1.82) is 0 Å². The van der Waals surface area contributed by atoms with Crippen LogP contribution in [0.4, 0.5) is 11.4 Å². The number of rotatable bonds is 3. The lowest BCUT2D eigenvalue weighted by atomic mass is 10.2. The maximum atomic E-state index is 10.8. The molecule has 0 bridgehead atoms. The Bertz CT molecular complexity index is 687. The highest BCUT2D eigenvalue weighted by Gasteiger charge is 2.17. The van der Waals surface area contributed by atoms with Gasteiger partial charge in [-0.05, 0) is 52.9 Å². The first-order chi connectivity index (χ1) is 9.47. The maximum Gasteiger partial charge on any atom is 0.312 e. The average molecular weight is 447 g/mol. The molecule has 0 aliphatic rings. The van der Waals surface area contributed by atoms with Gasteiger partial charge in [-0.25, -0.2) is 0 Å². The molecule has 0 aromatic heterocycles. The quantitative estimate of drug-likeness (QED) is 0.328. The minimum atomic E-state index is -0.637. The lowest BCUT2D eigenvalue weighted by Gasteiger charge is -2.01. The number of nitro benzene ring substituents is 1. The number of halogens is 2. The van der Waals surface area contributed by atoms with E-state index in [1.807, 2.05) is 24.3 Å². The molecule has 2 aromatic rings. The van der Waals surface area contributed by atoms with Crippen molar-refractivity contribution in [3.05, 3.63) is 60.1 Å². The number of aliphatic imine (C=N–C) groups is 1. The molecule has 0 amide bonds. The lowest BCUT2D eigenvalue weighted by molar-refractivity contribution is -0.385. The van der Waals surface area contributed by atoms with Crippen molar-refractivity contribution in [2.75, 3.05) is 0 Å². The van der Waals surface area contributed by atoms with Crippen LogP contribution in [0.25, 0.3) is 0 Å². The Balaban J connectivity index is 2.38. The highest BCUT2D eigenvalue weighted by atomic mass is 127. The third-order valence-corrected chi connectivity index (χ3v) is 3.64. The number of benzene rings is 2. The summed E-state index contributed by atoms with van der Waals surface area (Å²) in [6, 6.07) is 10.3. The number of aromatic hydroxyl groups is 1. The molecule has 0 saturated carbocycles. The van der Waals surface area contributed by atoms with Gasteiger partial charge in [-0.3, -0.25) is 15.1 Å². The van der Waals surface area contributed by atoms with Crippen molar-refractivity contribution < 1.29 is 10.0 Å². The van der Waals surface area contributed by atoms with Crippen molar-refractivity contribution >= 4 is 56.1 Å². The molecule has 2 rings (SSSR count). The maximum absolute atomic E-state index is 10.8. The lowest BCUT2D eigenvalue weighted by Crippen LogP contribution is -1.92. The fourth-order valence-electron chi connectivity index (χ4n) is 1.51. The molecule has 1 N–H and O–H groups in total. The second kappa shape index (κ2) is 6.31. The minimum absolute atomic E-state index is 0.282. The molecular weight excluding hydrogens is 439 g/mol. The summed E-state index contributed by atoms with van der Waals surface area (Å²) in [5.41, 5.74) is 0.625. The van der Waals surface area contributed by atoms with Gasteiger partial charge < -0.3 is 5.11 Å². The zero-order chi connectivity index (χ0) is 14.7. The van der Waals surface area contributed by atoms with Gasteiger partial charge in [0.05, 0.1) is 10.6 Å². The second-order valence-electron chi connectivity index (χ2n) is 3.85. The molecule has 0 unspecified atom stereocenters. The molecule has 0 saturated heterocycles. The highest BCUT2D eigenvalue weighted by molar-refractivity contribution is 14.1. The first kappa shape index (κ1) is 14.9. The van der Waals surface area contributed by atoms with Gasteiger partial charge >= 0.3 is 5.69 Å². The fraction of sp³-hybridized carbons (Fsp3) is 0. The first-order valence-corrected chi connectivity index (χ1v) is 7.31. The van der Waals surface area contributed by atoms with E-state index in [0.717, 1.165) is 3.57 Å². The Morgan fingerprint density at radius 3 is 2.55 bits per heavy atom. The number of phenolic OH excluding ortho intramolecular Hbond substituents is 1. The van der Waals surface area contributed by atoms with Crippen molar-refractivity contribution in [2.45, 2.75) is 0 Å². The molecule has 2 aromatic carbocycles. The van der Waals surface area contributed by atoms with E-state index in [0.29, 0.717) is 10.2 Å². The monoisotopic (exact) mass is 446 g/mol. The van der Waals surface area contributed by atoms with Crippen LogP contribution in [-0.2, 0) is 0 Å². The van der Waals surface area contributed by atoms with Crippen LogP contribution < -0.4 is 0 Å². The predicted molar refractivity (Wildman–Crippen MR) is 88.9 cm³/mol. The van der Waals surface area contributed by atoms with Gasteiger partial charge in [0.15, 0.2) is 0 Å². The van der Waals surface area contributed by atoms with Gasteiger partial charge in [0, 0.05) is 25.9 Å². The van der Waals surface area contributed by atoms with E-state index < -0.39 is 10.7 Å². The van der Waals surface area contributed by atoms with Gasteiger partial charge in [0.1, 0.15) is 0 Å². The predicted octanol–water partition coefficient (Wildman–Crippen LogP) is 4.42. The number of phenols is 1. The van der Waals surface area contributed by atoms with Crippen LogP contribution in [0.1, 0.15) is 5.56 Å². The molecule has 0 radical (unpaired) electrons. The smallest absolute Gasteiger partial charge is 0.312 e. The normalized spacial score (nSPS) is 10.9. The summed E-state index contributed by atoms with van der Waals surface area (Å²) in [7, 11) is 0. The third kappa shape index (κ3) is 3.54. The molecule has 20 heavy (non-hydrogen) atoms. The topological polar surface area (TPSA) is 75.7 Å². The standard InChI is InChI=1S/C13H8BrIN2O3/c14-9-5-8(13(18)12(6-9)17(19)20)7-16-11-3-1-10(15)2-4-11/h1-7,18H/b16-7+. The van der Waals surface area contributed by atoms with Crippen molar-refractivity contribution in [3.63, 3.8) is 0 Å². The van der Waals surface area contributed by atoms with E-state index in [9.17, 15) is 15.2 Å². The van der Waals surface area contributed by atoms with Gasteiger partial charge in [0.2, 0.25) is 5.75 Å². The van der Waals surface area contributed by atoms with Crippen LogP contribution in [0.15, 0.2) is 45.9 Å². The van der Waals surface area contributed by atoms with E-state index in [2.05, 4.69) is 43.5 Å². The van der Waals surface area contributed by atoms with E-state index in [-0.39, 0.29) is 11.3 Å². The summed E-state index contributed by atoms with van der Waals surface area (Å²) < 4.78 is 1.59. The van der Waals surface area contributed by atoms with E-state index >= 15 is 0 Å². The zero-order valence-corrected chi connectivity index (χ0v) is 13.7. The van der Waals surface area contributed by atoms with Crippen LogP contribution in [0.3, 0.4) is 0 Å².